The van der Waals surface area contributed by atoms with Crippen LogP contribution in [0.3, 0.4) is 0 Å². The Morgan fingerprint density at radius 2 is 1.93 bits per heavy atom. The van der Waals surface area contributed by atoms with E-state index in [2.05, 4.69) is 27.2 Å². The molecule has 0 atom stereocenters. The minimum absolute atomic E-state index is 0.0275. The summed E-state index contributed by atoms with van der Waals surface area (Å²) in [6, 6.07) is 11.2. The third-order valence-corrected chi connectivity index (χ3v) is 6.41. The molecule has 1 heterocycles. The number of rotatable bonds is 8. The number of halogens is 1. The van der Waals surface area contributed by atoms with Crippen LogP contribution in [0.4, 0.5) is 10.8 Å². The van der Waals surface area contributed by atoms with Crippen molar-refractivity contribution in [1.29, 1.82) is 0 Å². The Kier molecular flexibility index (Phi) is 6.83. The van der Waals surface area contributed by atoms with E-state index in [0.29, 0.717) is 10.8 Å². The number of hydrogen-bond donors (Lipinski definition) is 2. The van der Waals surface area contributed by atoms with Crippen LogP contribution in [0.15, 0.2) is 52.9 Å². The van der Waals surface area contributed by atoms with Gasteiger partial charge in [0.25, 0.3) is 15.9 Å². The molecule has 0 aliphatic rings. The number of unbranched alkanes of at least 4 members (excludes halogenated alkanes) is 1. The smallest absolute Gasteiger partial charge is 0.261 e. The SMILES string of the molecule is CCCCc1ccc(NS(=O)(=O)c2ccc(Cl)c(C(=O)Nc3nncs3)c2)cc1. The molecule has 0 bridgehead atoms. The van der Waals surface area contributed by atoms with Crippen molar-refractivity contribution in [2.75, 3.05) is 10.0 Å². The summed E-state index contributed by atoms with van der Waals surface area (Å²) in [5.74, 6) is -0.566. The van der Waals surface area contributed by atoms with Gasteiger partial charge >= 0.3 is 0 Å². The monoisotopic (exact) mass is 450 g/mol. The fraction of sp³-hybridized carbons (Fsp3) is 0.211. The van der Waals surface area contributed by atoms with Gasteiger partial charge in [-0.05, 0) is 48.7 Å². The highest BCUT2D eigenvalue weighted by Gasteiger charge is 2.19. The highest BCUT2D eigenvalue weighted by atomic mass is 35.5. The molecular formula is C19H19ClN4O3S2. The standard InChI is InChI=1S/C19H19ClN4O3S2/c1-2-3-4-13-5-7-14(8-6-13)24-29(26,27)15-9-10-17(20)16(11-15)18(25)22-19-23-21-12-28-19/h5-12,24H,2-4H2,1H3,(H,22,23,25). The van der Waals surface area contributed by atoms with Crippen LogP contribution < -0.4 is 10.0 Å². The molecule has 0 spiro atoms. The van der Waals surface area contributed by atoms with E-state index in [0.717, 1.165) is 36.2 Å². The molecule has 0 fully saturated rings. The first-order valence-corrected chi connectivity index (χ1v) is 11.6. The minimum atomic E-state index is -3.89. The number of amides is 1. The molecule has 0 unspecified atom stereocenters. The number of nitrogens with one attached hydrogen (secondary N) is 2. The van der Waals surface area contributed by atoms with Crippen molar-refractivity contribution >= 4 is 49.7 Å². The van der Waals surface area contributed by atoms with Gasteiger partial charge in [0.05, 0.1) is 15.5 Å². The lowest BCUT2D eigenvalue weighted by atomic mass is 10.1. The molecule has 0 aliphatic heterocycles. The quantitative estimate of drug-likeness (QED) is 0.522. The zero-order chi connectivity index (χ0) is 20.9. The highest BCUT2D eigenvalue weighted by molar-refractivity contribution is 7.92. The Morgan fingerprint density at radius 3 is 2.59 bits per heavy atom. The number of sulfonamides is 1. The number of hydrogen-bond acceptors (Lipinski definition) is 6. The molecule has 0 aliphatic carbocycles. The second-order valence-corrected chi connectivity index (χ2v) is 9.17. The molecule has 29 heavy (non-hydrogen) atoms. The Labute approximate surface area is 178 Å². The van der Waals surface area contributed by atoms with Gasteiger partial charge in [0.1, 0.15) is 5.51 Å². The number of carbonyl (C=O) groups excluding carboxylic acids is 1. The molecule has 1 aromatic heterocycles. The zero-order valence-corrected chi connectivity index (χ0v) is 17.9. The number of aromatic nitrogens is 2. The number of aryl methyl sites for hydroxylation is 1. The molecule has 7 nitrogen and oxygen atoms in total. The molecule has 3 rings (SSSR count). The molecule has 2 aromatic carbocycles. The summed E-state index contributed by atoms with van der Waals surface area (Å²) in [4.78, 5) is 12.4. The van der Waals surface area contributed by atoms with Gasteiger partial charge in [0, 0.05) is 5.69 Å². The van der Waals surface area contributed by atoms with Gasteiger partial charge in [-0.25, -0.2) is 8.42 Å². The Balaban J connectivity index is 1.79. The maximum absolute atomic E-state index is 12.8. The summed E-state index contributed by atoms with van der Waals surface area (Å²) in [7, 11) is -3.89. The Bertz CT molecular complexity index is 1090. The summed E-state index contributed by atoms with van der Waals surface area (Å²) in [5, 5.41) is 10.3. The molecule has 0 radical (unpaired) electrons. The first-order chi connectivity index (χ1) is 13.9. The number of anilines is 2. The summed E-state index contributed by atoms with van der Waals surface area (Å²) >= 11 is 7.23. The van der Waals surface area contributed by atoms with E-state index < -0.39 is 15.9 Å². The van der Waals surface area contributed by atoms with Crippen LogP contribution in [-0.2, 0) is 16.4 Å². The van der Waals surface area contributed by atoms with E-state index in [4.69, 9.17) is 11.6 Å². The first-order valence-electron chi connectivity index (χ1n) is 8.88. The average Bonchev–Trinajstić information content (AvgIpc) is 3.20. The van der Waals surface area contributed by atoms with E-state index >= 15 is 0 Å². The maximum atomic E-state index is 12.8. The van der Waals surface area contributed by atoms with E-state index in [9.17, 15) is 13.2 Å². The molecule has 10 heteroatoms. The lowest BCUT2D eigenvalue weighted by Gasteiger charge is -2.11. The Morgan fingerprint density at radius 1 is 1.17 bits per heavy atom. The molecule has 0 saturated heterocycles. The van der Waals surface area contributed by atoms with Gasteiger partial charge in [0.2, 0.25) is 5.13 Å². The van der Waals surface area contributed by atoms with Crippen molar-refractivity contribution in [3.8, 4) is 0 Å². The first kappa shape index (κ1) is 21.2. The lowest BCUT2D eigenvalue weighted by Crippen LogP contribution is -2.16. The van der Waals surface area contributed by atoms with Gasteiger partial charge in [-0.2, -0.15) is 0 Å². The van der Waals surface area contributed by atoms with E-state index in [1.807, 2.05) is 12.1 Å². The summed E-state index contributed by atoms with van der Waals surface area (Å²) in [5.41, 5.74) is 3.09. The third-order valence-electron chi connectivity index (χ3n) is 4.10. The number of nitrogens with zero attached hydrogens (tertiary/aromatic N) is 2. The predicted octanol–water partition coefficient (Wildman–Crippen LogP) is 4.59. The normalized spacial score (nSPS) is 11.2. The molecule has 0 saturated carbocycles. The second-order valence-electron chi connectivity index (χ2n) is 6.25. The van der Waals surface area contributed by atoms with Crippen molar-refractivity contribution in [2.24, 2.45) is 0 Å². The van der Waals surface area contributed by atoms with Crippen LogP contribution in [0.2, 0.25) is 5.02 Å². The van der Waals surface area contributed by atoms with Crippen molar-refractivity contribution < 1.29 is 13.2 Å². The summed E-state index contributed by atoms with van der Waals surface area (Å²) in [6.45, 7) is 2.12. The lowest BCUT2D eigenvalue weighted by molar-refractivity contribution is 0.102. The van der Waals surface area contributed by atoms with Crippen LogP contribution in [0.25, 0.3) is 0 Å². The predicted molar refractivity (Wildman–Crippen MR) is 115 cm³/mol. The highest BCUT2D eigenvalue weighted by Crippen LogP contribution is 2.24. The molecule has 152 valence electrons. The molecular weight excluding hydrogens is 432 g/mol. The molecule has 1 amide bonds. The Hall–Kier alpha value is -2.49. The number of carbonyl (C=O) groups is 1. The van der Waals surface area contributed by atoms with Gasteiger partial charge in [0.15, 0.2) is 0 Å². The van der Waals surface area contributed by atoms with Crippen molar-refractivity contribution in [2.45, 2.75) is 31.1 Å². The van der Waals surface area contributed by atoms with Gasteiger partial charge in [-0.1, -0.05) is 48.4 Å². The van der Waals surface area contributed by atoms with Crippen molar-refractivity contribution in [3.05, 3.63) is 64.1 Å². The van der Waals surface area contributed by atoms with E-state index in [1.165, 1.54) is 23.7 Å². The van der Waals surface area contributed by atoms with Crippen LogP contribution >= 0.6 is 22.9 Å². The minimum Gasteiger partial charge on any atom is -0.296 e. The van der Waals surface area contributed by atoms with Gasteiger partial charge in [-0.15, -0.1) is 10.2 Å². The summed E-state index contributed by atoms with van der Waals surface area (Å²) < 4.78 is 28.0. The molecule has 2 N–H and O–H groups in total. The van der Waals surface area contributed by atoms with Gasteiger partial charge in [-0.3, -0.25) is 14.8 Å². The topological polar surface area (TPSA) is 101 Å². The van der Waals surface area contributed by atoms with Crippen LogP contribution in [0.1, 0.15) is 35.7 Å². The third kappa shape index (κ3) is 5.53. The fourth-order valence-corrected chi connectivity index (χ4v) is 4.30. The maximum Gasteiger partial charge on any atom is 0.261 e. The second kappa shape index (κ2) is 9.34. The largest absolute Gasteiger partial charge is 0.296 e. The van der Waals surface area contributed by atoms with Crippen LogP contribution in [-0.4, -0.2) is 24.5 Å². The fourth-order valence-electron chi connectivity index (χ4n) is 2.57. The van der Waals surface area contributed by atoms with E-state index in [-0.39, 0.29) is 15.5 Å². The van der Waals surface area contributed by atoms with Crippen molar-refractivity contribution in [3.63, 3.8) is 0 Å². The van der Waals surface area contributed by atoms with Gasteiger partial charge < -0.3 is 0 Å². The molecule has 3 aromatic rings. The van der Waals surface area contributed by atoms with E-state index in [1.54, 1.807) is 12.1 Å². The van der Waals surface area contributed by atoms with Crippen LogP contribution in [0.5, 0.6) is 0 Å². The zero-order valence-electron chi connectivity index (χ0n) is 15.6. The van der Waals surface area contributed by atoms with Crippen LogP contribution in [0, 0.1) is 0 Å². The van der Waals surface area contributed by atoms with Crippen molar-refractivity contribution in [1.82, 2.24) is 10.2 Å². The average molecular weight is 451 g/mol. The number of benzene rings is 2. The summed E-state index contributed by atoms with van der Waals surface area (Å²) in [6.07, 6.45) is 3.13.